The summed E-state index contributed by atoms with van der Waals surface area (Å²) in [5.74, 6) is 0. The highest BCUT2D eigenvalue weighted by Crippen LogP contribution is 2.41. The summed E-state index contributed by atoms with van der Waals surface area (Å²) in [6.07, 6.45) is 7.17. The summed E-state index contributed by atoms with van der Waals surface area (Å²) in [6.45, 7) is 2.23. The largest absolute Gasteiger partial charge is 0.310 e. The maximum Gasteiger partial charge on any atom is 0.0498 e. The molecule has 1 aliphatic carbocycles. The Morgan fingerprint density at radius 1 is 0.605 bits per heavy atom. The first-order chi connectivity index (χ1) is 18.8. The number of hydrogen-bond donors (Lipinski definition) is 0. The van der Waals surface area contributed by atoms with Crippen molar-refractivity contribution in [1.29, 1.82) is 0 Å². The van der Waals surface area contributed by atoms with Gasteiger partial charge in [0.25, 0.3) is 0 Å². The molecule has 0 saturated carbocycles. The minimum Gasteiger partial charge on any atom is -0.310 e. The van der Waals surface area contributed by atoms with Crippen molar-refractivity contribution in [3.05, 3.63) is 161 Å². The van der Waals surface area contributed by atoms with Crippen molar-refractivity contribution in [1.82, 2.24) is 0 Å². The first-order valence-corrected chi connectivity index (χ1v) is 13.7. The van der Waals surface area contributed by atoms with Gasteiger partial charge in [-0.3, -0.25) is 0 Å². The number of hydrogen-bond acceptors (Lipinski definition) is 1. The summed E-state index contributed by atoms with van der Waals surface area (Å²) in [7, 11) is 0. The van der Waals surface area contributed by atoms with E-state index < -0.39 is 0 Å². The highest BCUT2D eigenvalue weighted by atomic mass is 15.1. The van der Waals surface area contributed by atoms with Crippen LogP contribution in [-0.4, -0.2) is 0 Å². The fourth-order valence-electron chi connectivity index (χ4n) is 5.66. The Bertz CT molecular complexity index is 1490. The van der Waals surface area contributed by atoms with E-state index >= 15 is 0 Å². The molecule has 1 aliphatic rings. The van der Waals surface area contributed by atoms with Gasteiger partial charge in [0.05, 0.1) is 0 Å². The number of nitrogens with zero attached hydrogens (tertiary/aromatic N) is 1. The molecule has 1 nitrogen and oxygen atoms in total. The van der Waals surface area contributed by atoms with E-state index in [1.54, 1.807) is 0 Å². The van der Waals surface area contributed by atoms with E-state index in [2.05, 4.69) is 145 Å². The second-order valence-corrected chi connectivity index (χ2v) is 10.2. The molecule has 6 rings (SSSR count). The Hall–Kier alpha value is -4.36. The first kappa shape index (κ1) is 24.0. The van der Waals surface area contributed by atoms with Crippen LogP contribution in [0.3, 0.4) is 0 Å². The van der Waals surface area contributed by atoms with Gasteiger partial charge in [-0.05, 0) is 108 Å². The smallest absolute Gasteiger partial charge is 0.0498 e. The van der Waals surface area contributed by atoms with Gasteiger partial charge in [0, 0.05) is 17.1 Å². The summed E-state index contributed by atoms with van der Waals surface area (Å²) in [4.78, 5) is 2.44. The van der Waals surface area contributed by atoms with Crippen LogP contribution in [0.5, 0.6) is 0 Å². The minimum atomic E-state index is 1.15. The Morgan fingerprint density at radius 3 is 1.79 bits per heavy atom. The second kappa shape index (κ2) is 10.9. The molecule has 0 aromatic heterocycles. The lowest BCUT2D eigenvalue weighted by atomic mass is 9.88. The molecule has 0 amide bonds. The second-order valence-electron chi connectivity index (χ2n) is 10.2. The zero-order chi connectivity index (χ0) is 25.7. The standard InChI is InChI=1S/C37H33N/c1-28-25-32-17-11-12-20-35(32)37(26-28)38(33-18-9-4-10-19-33)34-23-21-29(22-24-34)27-36(30-13-5-2-6-14-30)31-15-7-3-8-16-31/h2-10,13-16,18-19,21-27H,11-12,17,20H2,1H3. The summed E-state index contributed by atoms with van der Waals surface area (Å²) < 4.78 is 0. The zero-order valence-corrected chi connectivity index (χ0v) is 22.0. The van der Waals surface area contributed by atoms with Crippen LogP contribution in [0, 0.1) is 6.92 Å². The summed E-state index contributed by atoms with van der Waals surface area (Å²) >= 11 is 0. The molecule has 0 spiro atoms. The maximum absolute atomic E-state index is 2.44. The zero-order valence-electron chi connectivity index (χ0n) is 22.0. The van der Waals surface area contributed by atoms with Crippen LogP contribution in [0.25, 0.3) is 11.6 Å². The Morgan fingerprint density at radius 2 is 1.16 bits per heavy atom. The van der Waals surface area contributed by atoms with Gasteiger partial charge < -0.3 is 4.90 Å². The van der Waals surface area contributed by atoms with Crippen molar-refractivity contribution in [3.8, 4) is 0 Å². The van der Waals surface area contributed by atoms with Crippen molar-refractivity contribution >= 4 is 28.7 Å². The first-order valence-electron chi connectivity index (χ1n) is 13.7. The molecule has 0 N–H and O–H groups in total. The van der Waals surface area contributed by atoms with Gasteiger partial charge in [0.1, 0.15) is 0 Å². The Labute approximate surface area is 226 Å². The van der Waals surface area contributed by atoms with E-state index in [1.807, 2.05) is 0 Å². The lowest BCUT2D eigenvalue weighted by Gasteiger charge is -2.31. The molecule has 186 valence electrons. The molecular weight excluding hydrogens is 458 g/mol. The summed E-state index contributed by atoms with van der Waals surface area (Å²) in [5.41, 5.74) is 12.9. The molecule has 0 saturated heterocycles. The third-order valence-electron chi connectivity index (χ3n) is 7.47. The number of anilines is 3. The fraction of sp³-hybridized carbons (Fsp3) is 0.135. The highest BCUT2D eigenvalue weighted by molar-refractivity contribution is 5.91. The van der Waals surface area contributed by atoms with E-state index in [9.17, 15) is 0 Å². The number of aryl methyl sites for hydroxylation is 2. The summed E-state index contributed by atoms with van der Waals surface area (Å²) in [5, 5.41) is 0. The van der Waals surface area contributed by atoms with Crippen LogP contribution in [0.15, 0.2) is 127 Å². The quantitative estimate of drug-likeness (QED) is 0.214. The highest BCUT2D eigenvalue weighted by Gasteiger charge is 2.21. The van der Waals surface area contributed by atoms with Gasteiger partial charge in [-0.25, -0.2) is 0 Å². The van der Waals surface area contributed by atoms with Crippen LogP contribution in [0.1, 0.15) is 46.2 Å². The molecule has 0 aliphatic heterocycles. The number of para-hydroxylation sites is 1. The van der Waals surface area contributed by atoms with Crippen molar-refractivity contribution < 1.29 is 0 Å². The van der Waals surface area contributed by atoms with Gasteiger partial charge in [-0.1, -0.05) is 97.1 Å². The topological polar surface area (TPSA) is 3.24 Å². The van der Waals surface area contributed by atoms with Crippen LogP contribution >= 0.6 is 0 Å². The molecule has 5 aromatic carbocycles. The van der Waals surface area contributed by atoms with Crippen molar-refractivity contribution in [2.45, 2.75) is 32.6 Å². The average molecular weight is 492 g/mol. The molecule has 0 bridgehead atoms. The number of rotatable bonds is 6. The van der Waals surface area contributed by atoms with Gasteiger partial charge in [-0.15, -0.1) is 0 Å². The third kappa shape index (κ3) is 5.06. The van der Waals surface area contributed by atoms with Gasteiger partial charge in [0.2, 0.25) is 0 Å². The molecule has 0 fully saturated rings. The van der Waals surface area contributed by atoms with Crippen molar-refractivity contribution in [2.75, 3.05) is 4.90 Å². The lowest BCUT2D eigenvalue weighted by Crippen LogP contribution is -2.15. The Balaban J connectivity index is 1.44. The molecule has 0 heterocycles. The maximum atomic E-state index is 2.44. The van der Waals surface area contributed by atoms with E-state index in [0.717, 1.165) is 6.42 Å². The number of fused-ring (bicyclic) bond motifs is 1. The molecule has 0 atom stereocenters. The van der Waals surface area contributed by atoms with Crippen molar-refractivity contribution in [2.24, 2.45) is 0 Å². The molecular formula is C37H33N. The van der Waals surface area contributed by atoms with Crippen LogP contribution in [-0.2, 0) is 12.8 Å². The molecule has 38 heavy (non-hydrogen) atoms. The molecule has 5 aromatic rings. The fourth-order valence-corrected chi connectivity index (χ4v) is 5.66. The van der Waals surface area contributed by atoms with E-state index in [0.29, 0.717) is 0 Å². The SMILES string of the molecule is Cc1cc2c(c(N(c3ccccc3)c3ccc(C=C(c4ccccc4)c4ccccc4)cc3)c1)CCCC2. The number of benzene rings is 5. The van der Waals surface area contributed by atoms with Crippen LogP contribution < -0.4 is 4.90 Å². The van der Waals surface area contributed by atoms with Gasteiger partial charge in [-0.2, -0.15) is 0 Å². The van der Waals surface area contributed by atoms with E-state index in [-0.39, 0.29) is 0 Å². The molecule has 1 heteroatoms. The van der Waals surface area contributed by atoms with Gasteiger partial charge >= 0.3 is 0 Å². The lowest BCUT2D eigenvalue weighted by molar-refractivity contribution is 0.685. The van der Waals surface area contributed by atoms with E-state index in [4.69, 9.17) is 0 Å². The van der Waals surface area contributed by atoms with E-state index in [1.165, 1.54) is 75.3 Å². The summed E-state index contributed by atoms with van der Waals surface area (Å²) in [6, 6.07) is 45.9. The third-order valence-corrected chi connectivity index (χ3v) is 7.47. The Kier molecular flexibility index (Phi) is 6.91. The van der Waals surface area contributed by atoms with Crippen molar-refractivity contribution in [3.63, 3.8) is 0 Å². The van der Waals surface area contributed by atoms with Crippen LogP contribution in [0.2, 0.25) is 0 Å². The van der Waals surface area contributed by atoms with Gasteiger partial charge in [0.15, 0.2) is 0 Å². The predicted molar refractivity (Wildman–Crippen MR) is 162 cm³/mol. The molecule has 0 unspecified atom stereocenters. The normalized spacial score (nSPS) is 12.4. The molecule has 0 radical (unpaired) electrons. The van der Waals surface area contributed by atoms with Crippen LogP contribution in [0.4, 0.5) is 17.1 Å². The monoisotopic (exact) mass is 491 g/mol. The minimum absolute atomic E-state index is 1.15. The predicted octanol–water partition coefficient (Wildman–Crippen LogP) is 9.93. The average Bonchev–Trinajstić information content (AvgIpc) is 2.98.